The minimum atomic E-state index is 0.657. The van der Waals surface area contributed by atoms with E-state index < -0.39 is 0 Å². The second-order valence-electron chi connectivity index (χ2n) is 6.40. The van der Waals surface area contributed by atoms with Crippen LogP contribution in [-0.4, -0.2) is 6.61 Å². The first-order chi connectivity index (χ1) is 13.8. The first-order valence-corrected chi connectivity index (χ1v) is 10.3. The Kier molecular flexibility index (Phi) is 5.45. The van der Waals surface area contributed by atoms with Crippen molar-refractivity contribution < 1.29 is 9.15 Å². The molecule has 0 amide bonds. The van der Waals surface area contributed by atoms with Crippen LogP contribution in [0, 0.1) is 0 Å². The number of hydrogen-bond acceptors (Lipinski definition) is 3. The molecule has 2 aromatic heterocycles. The van der Waals surface area contributed by atoms with Crippen LogP contribution in [-0.2, 0) is 6.42 Å². The van der Waals surface area contributed by atoms with Crippen LogP contribution in [0.4, 0.5) is 0 Å². The maximum Gasteiger partial charge on any atom is 0.152 e. The van der Waals surface area contributed by atoms with E-state index in [9.17, 15) is 0 Å². The van der Waals surface area contributed by atoms with Crippen LogP contribution in [0.15, 0.2) is 89.2 Å². The lowest BCUT2D eigenvalue weighted by atomic mass is 9.93. The van der Waals surface area contributed by atoms with Gasteiger partial charge >= 0.3 is 0 Å². The molecule has 0 spiro atoms. The molecule has 0 aliphatic heterocycles. The second kappa shape index (κ2) is 8.32. The molecule has 28 heavy (non-hydrogen) atoms. The average molecular weight is 387 g/mol. The number of rotatable bonds is 7. The Balaban J connectivity index is 1.96. The van der Waals surface area contributed by atoms with Gasteiger partial charge in [0.1, 0.15) is 11.5 Å². The van der Waals surface area contributed by atoms with Gasteiger partial charge in [-0.15, -0.1) is 17.9 Å². The number of furan rings is 1. The maximum absolute atomic E-state index is 6.43. The average Bonchev–Trinajstić information content (AvgIpc) is 3.38. The first-order valence-electron chi connectivity index (χ1n) is 9.41. The number of allylic oxidation sites excluding steroid dienone is 1. The van der Waals surface area contributed by atoms with E-state index in [0.29, 0.717) is 13.0 Å². The van der Waals surface area contributed by atoms with Crippen molar-refractivity contribution in [1.82, 2.24) is 0 Å². The fraction of sp³-hybridized carbons (Fsp3) is 0.120. The van der Waals surface area contributed by atoms with Gasteiger partial charge < -0.3 is 9.15 Å². The van der Waals surface area contributed by atoms with Crippen molar-refractivity contribution in [3.8, 4) is 38.6 Å². The van der Waals surface area contributed by atoms with Crippen LogP contribution in [0.2, 0.25) is 0 Å². The number of thiophene rings is 1. The minimum absolute atomic E-state index is 0.657. The normalized spacial score (nSPS) is 10.8. The summed E-state index contributed by atoms with van der Waals surface area (Å²) in [5.41, 5.74) is 4.51. The van der Waals surface area contributed by atoms with Crippen LogP contribution in [0.3, 0.4) is 0 Å². The Morgan fingerprint density at radius 3 is 2.32 bits per heavy atom. The van der Waals surface area contributed by atoms with E-state index in [4.69, 9.17) is 9.15 Å². The van der Waals surface area contributed by atoms with E-state index in [1.165, 1.54) is 0 Å². The van der Waals surface area contributed by atoms with Crippen molar-refractivity contribution in [2.75, 3.05) is 6.61 Å². The van der Waals surface area contributed by atoms with Gasteiger partial charge in [0, 0.05) is 17.5 Å². The monoisotopic (exact) mass is 386 g/mol. The van der Waals surface area contributed by atoms with Gasteiger partial charge in [0.15, 0.2) is 5.76 Å². The zero-order valence-corrected chi connectivity index (χ0v) is 16.7. The summed E-state index contributed by atoms with van der Waals surface area (Å²) in [4.78, 5) is 1.12. The molecule has 2 heterocycles. The van der Waals surface area contributed by atoms with Crippen molar-refractivity contribution in [2.45, 2.75) is 13.3 Å². The SMILES string of the molecule is C=CCc1oc(-c2cccs2)c(-c2ccc(OCC)cc2)c1-c1ccccc1. The first kappa shape index (κ1) is 18.3. The minimum Gasteiger partial charge on any atom is -0.494 e. The number of benzene rings is 2. The van der Waals surface area contributed by atoms with Crippen LogP contribution in [0.25, 0.3) is 32.9 Å². The Hall–Kier alpha value is -3.04. The van der Waals surface area contributed by atoms with Gasteiger partial charge in [-0.1, -0.05) is 54.6 Å². The molecular formula is C25H22O2S. The third kappa shape index (κ3) is 3.54. The van der Waals surface area contributed by atoms with Gasteiger partial charge in [-0.25, -0.2) is 0 Å². The summed E-state index contributed by atoms with van der Waals surface area (Å²) in [7, 11) is 0. The van der Waals surface area contributed by atoms with E-state index in [1.54, 1.807) is 11.3 Å². The van der Waals surface area contributed by atoms with E-state index >= 15 is 0 Å². The predicted molar refractivity (Wildman–Crippen MR) is 118 cm³/mol. The number of ether oxygens (including phenoxy) is 1. The predicted octanol–water partition coefficient (Wildman–Crippen LogP) is 7.47. The summed E-state index contributed by atoms with van der Waals surface area (Å²) < 4.78 is 12.0. The second-order valence-corrected chi connectivity index (χ2v) is 7.35. The highest BCUT2D eigenvalue weighted by atomic mass is 32.1. The van der Waals surface area contributed by atoms with Crippen molar-refractivity contribution >= 4 is 11.3 Å². The van der Waals surface area contributed by atoms with Gasteiger partial charge in [-0.05, 0) is 41.6 Å². The molecule has 2 aromatic carbocycles. The highest BCUT2D eigenvalue weighted by Crippen LogP contribution is 2.46. The highest BCUT2D eigenvalue weighted by molar-refractivity contribution is 7.13. The van der Waals surface area contributed by atoms with E-state index in [2.05, 4.69) is 60.5 Å². The molecule has 0 bridgehead atoms. The largest absolute Gasteiger partial charge is 0.494 e. The highest BCUT2D eigenvalue weighted by Gasteiger charge is 2.23. The van der Waals surface area contributed by atoms with E-state index in [-0.39, 0.29) is 0 Å². The summed E-state index contributed by atoms with van der Waals surface area (Å²) in [5.74, 6) is 2.73. The van der Waals surface area contributed by atoms with Crippen LogP contribution in [0.1, 0.15) is 12.7 Å². The van der Waals surface area contributed by atoms with Gasteiger partial charge in [0.25, 0.3) is 0 Å². The van der Waals surface area contributed by atoms with Gasteiger partial charge in [0.05, 0.1) is 11.5 Å². The van der Waals surface area contributed by atoms with Crippen molar-refractivity contribution in [3.63, 3.8) is 0 Å². The van der Waals surface area contributed by atoms with Crippen LogP contribution >= 0.6 is 11.3 Å². The van der Waals surface area contributed by atoms with Gasteiger partial charge in [0.2, 0.25) is 0 Å². The lowest BCUT2D eigenvalue weighted by Gasteiger charge is -2.09. The fourth-order valence-corrected chi connectivity index (χ4v) is 4.12. The molecule has 0 saturated heterocycles. The summed E-state index contributed by atoms with van der Waals surface area (Å²) in [6.07, 6.45) is 2.57. The van der Waals surface area contributed by atoms with Crippen molar-refractivity contribution in [1.29, 1.82) is 0 Å². The summed E-state index contributed by atoms with van der Waals surface area (Å²) in [6, 6.07) is 22.8. The smallest absolute Gasteiger partial charge is 0.152 e. The molecule has 2 nitrogen and oxygen atoms in total. The van der Waals surface area contributed by atoms with Crippen LogP contribution in [0.5, 0.6) is 5.75 Å². The van der Waals surface area contributed by atoms with E-state index in [1.807, 2.05) is 31.2 Å². The van der Waals surface area contributed by atoms with Crippen molar-refractivity contribution in [3.05, 3.63) is 90.5 Å². The molecule has 0 N–H and O–H groups in total. The summed E-state index contributed by atoms with van der Waals surface area (Å²) in [6.45, 7) is 6.57. The molecule has 0 aliphatic rings. The van der Waals surface area contributed by atoms with E-state index in [0.717, 1.165) is 44.4 Å². The standard InChI is InChI=1S/C25H22O2S/c1-3-9-21-23(18-10-6-5-7-11-18)24(25(27-21)22-12-8-17-28-22)19-13-15-20(16-14-19)26-4-2/h3,5-8,10-17H,1,4,9H2,2H3. The maximum atomic E-state index is 6.43. The molecule has 0 radical (unpaired) electrons. The Morgan fingerprint density at radius 1 is 0.929 bits per heavy atom. The molecule has 0 aliphatic carbocycles. The lowest BCUT2D eigenvalue weighted by molar-refractivity contribution is 0.340. The molecule has 0 atom stereocenters. The third-order valence-corrected chi connectivity index (χ3v) is 5.44. The molecule has 140 valence electrons. The topological polar surface area (TPSA) is 22.4 Å². The van der Waals surface area contributed by atoms with Crippen LogP contribution < -0.4 is 4.74 Å². The number of hydrogen-bond donors (Lipinski definition) is 0. The Morgan fingerprint density at radius 2 is 1.68 bits per heavy atom. The summed E-state index contributed by atoms with van der Waals surface area (Å²) >= 11 is 1.69. The molecule has 0 saturated carbocycles. The quantitative estimate of drug-likeness (QED) is 0.307. The third-order valence-electron chi connectivity index (χ3n) is 4.57. The summed E-state index contributed by atoms with van der Waals surface area (Å²) in [5, 5.41) is 2.08. The van der Waals surface area contributed by atoms with Crippen molar-refractivity contribution in [2.24, 2.45) is 0 Å². The molecule has 4 rings (SSSR count). The van der Waals surface area contributed by atoms with Gasteiger partial charge in [-0.2, -0.15) is 0 Å². The zero-order valence-electron chi connectivity index (χ0n) is 15.9. The Bertz CT molecular complexity index is 1040. The molecule has 0 unspecified atom stereocenters. The molecule has 3 heteroatoms. The fourth-order valence-electron chi connectivity index (χ4n) is 3.40. The molecule has 0 fully saturated rings. The zero-order chi connectivity index (χ0) is 19.3. The molecule has 4 aromatic rings. The Labute approximate surface area is 169 Å². The molecular weight excluding hydrogens is 364 g/mol. The lowest BCUT2D eigenvalue weighted by Crippen LogP contribution is -1.91. The van der Waals surface area contributed by atoms with Gasteiger partial charge in [-0.3, -0.25) is 0 Å².